The van der Waals surface area contributed by atoms with Crippen LogP contribution in [0, 0.1) is 25.2 Å². The average Bonchev–Trinajstić information content (AvgIpc) is 2.89. The molecule has 1 amide bonds. The van der Waals surface area contributed by atoms with Crippen molar-refractivity contribution in [3.8, 4) is 17.6 Å². The SMILES string of the molecule is COc1cc(/C=C(/C#N)c2cccc3ccccc23)ccc1OCC(=O)Nc1cc(C)c(C)cc1Br. The van der Waals surface area contributed by atoms with Crippen LogP contribution < -0.4 is 14.8 Å². The first-order valence-corrected chi connectivity index (χ1v) is 12.2. The predicted octanol–water partition coefficient (Wildman–Crippen LogP) is 7.31. The summed E-state index contributed by atoms with van der Waals surface area (Å²) in [6, 6.07) is 25.5. The molecule has 36 heavy (non-hydrogen) atoms. The van der Waals surface area contributed by atoms with Gasteiger partial charge in [-0.1, -0.05) is 48.5 Å². The molecule has 0 aliphatic carbocycles. The normalized spacial score (nSPS) is 11.1. The Kier molecular flexibility index (Phi) is 7.72. The van der Waals surface area contributed by atoms with E-state index in [-0.39, 0.29) is 12.5 Å². The highest BCUT2D eigenvalue weighted by Gasteiger charge is 2.12. The number of amides is 1. The van der Waals surface area contributed by atoms with E-state index < -0.39 is 0 Å². The van der Waals surface area contributed by atoms with Gasteiger partial charge in [0.15, 0.2) is 18.1 Å². The molecule has 0 saturated heterocycles. The Morgan fingerprint density at radius 2 is 1.75 bits per heavy atom. The van der Waals surface area contributed by atoms with E-state index in [9.17, 15) is 10.1 Å². The van der Waals surface area contributed by atoms with E-state index in [1.165, 1.54) is 7.11 Å². The third-order valence-electron chi connectivity index (χ3n) is 5.92. The van der Waals surface area contributed by atoms with E-state index in [4.69, 9.17) is 9.47 Å². The minimum absolute atomic E-state index is 0.176. The number of anilines is 1. The van der Waals surface area contributed by atoms with Crippen LogP contribution in [0.3, 0.4) is 0 Å². The van der Waals surface area contributed by atoms with Crippen LogP contribution in [-0.2, 0) is 4.79 Å². The lowest BCUT2D eigenvalue weighted by molar-refractivity contribution is -0.118. The molecule has 0 unspecified atom stereocenters. The molecule has 0 atom stereocenters. The summed E-state index contributed by atoms with van der Waals surface area (Å²) in [7, 11) is 1.54. The van der Waals surface area contributed by atoms with Gasteiger partial charge >= 0.3 is 0 Å². The number of ether oxygens (including phenoxy) is 2. The van der Waals surface area contributed by atoms with Crippen molar-refractivity contribution in [1.82, 2.24) is 0 Å². The molecular formula is C30H25BrN2O3. The van der Waals surface area contributed by atoms with Gasteiger partial charge in [-0.2, -0.15) is 5.26 Å². The molecule has 0 spiro atoms. The maximum absolute atomic E-state index is 12.5. The van der Waals surface area contributed by atoms with Crippen LogP contribution in [0.25, 0.3) is 22.4 Å². The average molecular weight is 541 g/mol. The molecule has 180 valence electrons. The van der Waals surface area contributed by atoms with Crippen molar-refractivity contribution in [2.45, 2.75) is 13.8 Å². The van der Waals surface area contributed by atoms with E-state index in [2.05, 4.69) is 27.3 Å². The van der Waals surface area contributed by atoms with Gasteiger partial charge in [0.05, 0.1) is 24.4 Å². The molecule has 0 aliphatic heterocycles. The van der Waals surface area contributed by atoms with Crippen LogP contribution in [0.1, 0.15) is 22.3 Å². The summed E-state index contributed by atoms with van der Waals surface area (Å²) in [6.45, 7) is 3.83. The molecule has 4 aromatic carbocycles. The number of nitrogens with zero attached hydrogens (tertiary/aromatic N) is 1. The molecule has 0 aliphatic rings. The molecule has 0 heterocycles. The number of nitrogens with one attached hydrogen (secondary N) is 1. The molecule has 0 radical (unpaired) electrons. The third-order valence-corrected chi connectivity index (χ3v) is 6.57. The number of nitriles is 1. The van der Waals surface area contributed by atoms with Crippen LogP contribution in [0.5, 0.6) is 11.5 Å². The van der Waals surface area contributed by atoms with E-state index in [1.54, 1.807) is 12.1 Å². The van der Waals surface area contributed by atoms with Crippen molar-refractivity contribution in [3.05, 3.63) is 99.5 Å². The fourth-order valence-corrected chi connectivity index (χ4v) is 4.45. The first-order valence-electron chi connectivity index (χ1n) is 11.4. The molecule has 0 saturated carbocycles. The van der Waals surface area contributed by atoms with Crippen LogP contribution in [0.2, 0.25) is 0 Å². The highest BCUT2D eigenvalue weighted by Crippen LogP contribution is 2.32. The first kappa shape index (κ1) is 25.0. The lowest BCUT2D eigenvalue weighted by atomic mass is 9.97. The number of fused-ring (bicyclic) bond motifs is 1. The summed E-state index contributed by atoms with van der Waals surface area (Å²) < 4.78 is 12.1. The molecule has 0 bridgehead atoms. The maximum atomic E-state index is 12.5. The number of rotatable bonds is 7. The largest absolute Gasteiger partial charge is 0.493 e. The number of methoxy groups -OCH3 is 1. The maximum Gasteiger partial charge on any atom is 0.262 e. The van der Waals surface area contributed by atoms with Gasteiger partial charge in [-0.3, -0.25) is 4.79 Å². The molecule has 0 aromatic heterocycles. The third kappa shape index (κ3) is 5.59. The number of benzene rings is 4. The minimum atomic E-state index is -0.285. The fourth-order valence-electron chi connectivity index (χ4n) is 3.90. The van der Waals surface area contributed by atoms with Crippen molar-refractivity contribution in [2.24, 2.45) is 0 Å². The number of carbonyl (C=O) groups excluding carboxylic acids is 1. The number of hydrogen-bond acceptors (Lipinski definition) is 4. The molecule has 4 rings (SSSR count). The van der Waals surface area contributed by atoms with E-state index in [0.717, 1.165) is 37.5 Å². The second kappa shape index (κ2) is 11.1. The van der Waals surface area contributed by atoms with Gasteiger partial charge in [0.25, 0.3) is 5.91 Å². The summed E-state index contributed by atoms with van der Waals surface area (Å²) in [6.07, 6.45) is 1.82. The second-order valence-electron chi connectivity index (χ2n) is 8.36. The first-order chi connectivity index (χ1) is 17.4. The number of aryl methyl sites for hydroxylation is 2. The number of hydrogen-bond donors (Lipinski definition) is 1. The van der Waals surface area contributed by atoms with Crippen LogP contribution in [-0.4, -0.2) is 19.6 Å². The Hall–Kier alpha value is -4.08. The summed E-state index contributed by atoms with van der Waals surface area (Å²) in [5.74, 6) is 0.624. The van der Waals surface area contributed by atoms with Crippen molar-refractivity contribution >= 4 is 49.9 Å². The zero-order valence-corrected chi connectivity index (χ0v) is 21.8. The molecule has 1 N–H and O–H groups in total. The highest BCUT2D eigenvalue weighted by molar-refractivity contribution is 9.10. The molecule has 6 heteroatoms. The van der Waals surface area contributed by atoms with Crippen molar-refractivity contribution < 1.29 is 14.3 Å². The van der Waals surface area contributed by atoms with E-state index in [1.807, 2.05) is 80.6 Å². The van der Waals surface area contributed by atoms with Crippen molar-refractivity contribution in [3.63, 3.8) is 0 Å². The standard InChI is InChI=1S/C30H25BrN2O3/c1-19-13-26(31)27(14-20(19)2)33-30(34)18-36-28-12-11-21(16-29(28)35-3)15-23(17-32)25-10-6-8-22-7-4-5-9-24(22)25/h4-16H,18H2,1-3H3,(H,33,34)/b23-15-. The summed E-state index contributed by atoms with van der Waals surface area (Å²) in [5, 5.41) is 14.8. The van der Waals surface area contributed by atoms with E-state index >= 15 is 0 Å². The monoisotopic (exact) mass is 540 g/mol. The predicted molar refractivity (Wildman–Crippen MR) is 148 cm³/mol. The highest BCUT2D eigenvalue weighted by atomic mass is 79.9. The van der Waals surface area contributed by atoms with Gasteiger partial charge in [0, 0.05) is 10.0 Å². The van der Waals surface area contributed by atoms with Gasteiger partial charge in [-0.05, 0) is 87.6 Å². The lowest BCUT2D eigenvalue weighted by Gasteiger charge is -2.13. The van der Waals surface area contributed by atoms with Crippen LogP contribution in [0.15, 0.2) is 77.3 Å². The Morgan fingerprint density at radius 1 is 1.00 bits per heavy atom. The molecular weight excluding hydrogens is 516 g/mol. The smallest absolute Gasteiger partial charge is 0.262 e. The lowest BCUT2D eigenvalue weighted by Crippen LogP contribution is -2.20. The van der Waals surface area contributed by atoms with Crippen molar-refractivity contribution in [1.29, 1.82) is 5.26 Å². The van der Waals surface area contributed by atoms with Gasteiger partial charge < -0.3 is 14.8 Å². The molecule has 5 nitrogen and oxygen atoms in total. The fraction of sp³-hybridized carbons (Fsp3) is 0.133. The minimum Gasteiger partial charge on any atom is -0.493 e. The number of halogens is 1. The Labute approximate surface area is 219 Å². The molecule has 0 fully saturated rings. The summed E-state index contributed by atoms with van der Waals surface area (Å²) >= 11 is 3.49. The Balaban J connectivity index is 1.52. The summed E-state index contributed by atoms with van der Waals surface area (Å²) in [4.78, 5) is 12.5. The number of carbonyl (C=O) groups is 1. The molecule has 4 aromatic rings. The quantitative estimate of drug-likeness (QED) is 0.197. The van der Waals surface area contributed by atoms with Gasteiger partial charge in [-0.25, -0.2) is 0 Å². The zero-order valence-electron chi connectivity index (χ0n) is 20.3. The van der Waals surface area contributed by atoms with Gasteiger partial charge in [0.1, 0.15) is 0 Å². The second-order valence-corrected chi connectivity index (χ2v) is 9.21. The van der Waals surface area contributed by atoms with Gasteiger partial charge in [-0.15, -0.1) is 0 Å². The number of allylic oxidation sites excluding steroid dienone is 1. The zero-order chi connectivity index (χ0) is 25.7. The van der Waals surface area contributed by atoms with Crippen molar-refractivity contribution in [2.75, 3.05) is 19.0 Å². The Bertz CT molecular complexity index is 1510. The summed E-state index contributed by atoms with van der Waals surface area (Å²) in [5.41, 5.74) is 5.10. The topological polar surface area (TPSA) is 71.3 Å². The Morgan fingerprint density at radius 3 is 2.53 bits per heavy atom. The van der Waals surface area contributed by atoms with Crippen LogP contribution in [0.4, 0.5) is 5.69 Å². The van der Waals surface area contributed by atoms with Gasteiger partial charge in [0.2, 0.25) is 0 Å². The van der Waals surface area contributed by atoms with Crippen LogP contribution >= 0.6 is 15.9 Å². The van der Waals surface area contributed by atoms with E-state index in [0.29, 0.717) is 22.8 Å².